The number of nitrogens with one attached hydrogen (secondary N) is 1. The van der Waals surface area contributed by atoms with E-state index in [0.717, 1.165) is 10.6 Å². The van der Waals surface area contributed by atoms with Gasteiger partial charge in [-0.1, -0.05) is 43.6 Å². The van der Waals surface area contributed by atoms with E-state index in [-0.39, 0.29) is 12.7 Å². The molecule has 1 aromatic rings. The average Bonchev–Trinajstić information content (AvgIpc) is 2.25. The zero-order valence-corrected chi connectivity index (χ0v) is 10.6. The first-order valence-corrected chi connectivity index (χ1v) is 6.08. The molecule has 0 fully saturated rings. The maximum absolute atomic E-state index is 12.1. The van der Waals surface area contributed by atoms with E-state index < -0.39 is 0 Å². The number of hydrogen-bond acceptors (Lipinski definition) is 1. The molecule has 0 aliphatic carbocycles. The van der Waals surface area contributed by atoms with Crippen molar-refractivity contribution in [1.82, 2.24) is 5.32 Å². The molecule has 1 nitrogen and oxygen atoms in total. The van der Waals surface area contributed by atoms with Gasteiger partial charge in [-0.25, -0.2) is 0 Å². The van der Waals surface area contributed by atoms with Crippen molar-refractivity contribution in [1.29, 1.82) is 0 Å². The van der Waals surface area contributed by atoms with Gasteiger partial charge in [-0.15, -0.1) is 0 Å². The summed E-state index contributed by atoms with van der Waals surface area (Å²) in [6.07, 6.45) is 0.549. The normalized spacial score (nSPS) is 13.1. The van der Waals surface area contributed by atoms with Crippen molar-refractivity contribution in [2.45, 2.75) is 26.3 Å². The first-order valence-electron chi connectivity index (χ1n) is 5.70. The summed E-state index contributed by atoms with van der Waals surface area (Å²) in [6.45, 7) is 4.68. The summed E-state index contributed by atoms with van der Waals surface area (Å²) in [5, 5.41) is 4.12. The van der Waals surface area contributed by atoms with Crippen LogP contribution in [-0.4, -0.2) is 13.2 Å². The molecular formula is C13H19ClFN. The van der Waals surface area contributed by atoms with E-state index in [1.807, 2.05) is 24.3 Å². The predicted octanol–water partition coefficient (Wildman–Crippen LogP) is 3.99. The van der Waals surface area contributed by atoms with Crippen LogP contribution in [0.1, 0.15) is 31.9 Å². The van der Waals surface area contributed by atoms with Crippen LogP contribution in [0.4, 0.5) is 4.39 Å². The Morgan fingerprint density at radius 2 is 2.00 bits per heavy atom. The molecule has 0 spiro atoms. The molecule has 0 saturated heterocycles. The van der Waals surface area contributed by atoms with Crippen molar-refractivity contribution in [2.75, 3.05) is 13.2 Å². The van der Waals surface area contributed by atoms with Gasteiger partial charge in [0.1, 0.15) is 0 Å². The highest BCUT2D eigenvalue weighted by molar-refractivity contribution is 6.31. The van der Waals surface area contributed by atoms with Gasteiger partial charge in [0.25, 0.3) is 0 Å². The van der Waals surface area contributed by atoms with Gasteiger partial charge in [0, 0.05) is 11.1 Å². The summed E-state index contributed by atoms with van der Waals surface area (Å²) < 4.78 is 12.1. The van der Waals surface area contributed by atoms with Gasteiger partial charge in [0.2, 0.25) is 0 Å². The number of halogens is 2. The quantitative estimate of drug-likeness (QED) is 0.745. The number of rotatable bonds is 6. The van der Waals surface area contributed by atoms with Crippen LogP contribution in [0.15, 0.2) is 24.3 Å². The van der Waals surface area contributed by atoms with E-state index in [4.69, 9.17) is 11.6 Å². The van der Waals surface area contributed by atoms with Crippen molar-refractivity contribution in [3.05, 3.63) is 34.9 Å². The monoisotopic (exact) mass is 243 g/mol. The third-order valence-corrected chi connectivity index (χ3v) is 2.93. The Hall–Kier alpha value is -0.600. The summed E-state index contributed by atoms with van der Waals surface area (Å²) in [5.74, 6) is 0.430. The Morgan fingerprint density at radius 3 is 2.56 bits per heavy atom. The van der Waals surface area contributed by atoms with Crippen molar-refractivity contribution < 1.29 is 4.39 Å². The molecule has 0 aliphatic rings. The molecule has 0 radical (unpaired) electrons. The number of benzene rings is 1. The second kappa shape index (κ2) is 6.87. The molecule has 0 saturated carbocycles. The zero-order valence-electron chi connectivity index (χ0n) is 9.84. The minimum atomic E-state index is -0.277. The van der Waals surface area contributed by atoms with E-state index in [2.05, 4.69) is 19.2 Å². The van der Waals surface area contributed by atoms with Crippen LogP contribution in [0.5, 0.6) is 0 Å². The summed E-state index contributed by atoms with van der Waals surface area (Å²) in [4.78, 5) is 0. The fraction of sp³-hybridized carbons (Fsp3) is 0.538. The second-order valence-electron chi connectivity index (χ2n) is 4.24. The van der Waals surface area contributed by atoms with Crippen molar-refractivity contribution in [3.8, 4) is 0 Å². The van der Waals surface area contributed by atoms with Gasteiger partial charge < -0.3 is 5.32 Å². The largest absolute Gasteiger partial charge is 0.310 e. The number of hydrogen-bond donors (Lipinski definition) is 1. The van der Waals surface area contributed by atoms with Crippen LogP contribution in [0.3, 0.4) is 0 Å². The van der Waals surface area contributed by atoms with Gasteiger partial charge in [-0.2, -0.15) is 0 Å². The Bertz CT molecular complexity index is 315. The lowest BCUT2D eigenvalue weighted by Crippen LogP contribution is -2.27. The Labute approximate surface area is 102 Å². The van der Waals surface area contributed by atoms with E-state index in [1.54, 1.807) is 0 Å². The predicted molar refractivity (Wildman–Crippen MR) is 67.6 cm³/mol. The lowest BCUT2D eigenvalue weighted by atomic mass is 9.96. The van der Waals surface area contributed by atoms with Gasteiger partial charge in [-0.3, -0.25) is 4.39 Å². The topological polar surface area (TPSA) is 12.0 Å². The van der Waals surface area contributed by atoms with Crippen molar-refractivity contribution >= 4 is 11.6 Å². The molecule has 3 heteroatoms. The molecule has 1 N–H and O–H groups in total. The molecule has 90 valence electrons. The van der Waals surface area contributed by atoms with Gasteiger partial charge in [0.15, 0.2) is 0 Å². The highest BCUT2D eigenvalue weighted by atomic mass is 35.5. The van der Waals surface area contributed by atoms with E-state index in [1.165, 1.54) is 0 Å². The van der Waals surface area contributed by atoms with Crippen LogP contribution in [0.25, 0.3) is 0 Å². The van der Waals surface area contributed by atoms with Gasteiger partial charge in [-0.05, 0) is 30.5 Å². The fourth-order valence-electron chi connectivity index (χ4n) is 1.76. The third kappa shape index (κ3) is 3.76. The minimum Gasteiger partial charge on any atom is -0.310 e. The van der Waals surface area contributed by atoms with Gasteiger partial charge >= 0.3 is 0 Å². The zero-order chi connectivity index (χ0) is 12.0. The van der Waals surface area contributed by atoms with Crippen LogP contribution in [0, 0.1) is 5.92 Å². The summed E-state index contributed by atoms with van der Waals surface area (Å²) in [7, 11) is 0. The Balaban J connectivity index is 2.74. The first kappa shape index (κ1) is 13.5. The summed E-state index contributed by atoms with van der Waals surface area (Å²) >= 11 is 6.16. The Kier molecular flexibility index (Phi) is 5.78. The molecule has 0 bridgehead atoms. The van der Waals surface area contributed by atoms with Crippen LogP contribution in [0.2, 0.25) is 5.02 Å². The molecular weight excluding hydrogens is 225 g/mol. The molecule has 0 heterocycles. The third-order valence-electron chi connectivity index (χ3n) is 2.58. The maximum Gasteiger partial charge on any atom is 0.0906 e. The molecule has 1 rings (SSSR count). The lowest BCUT2D eigenvalue weighted by Gasteiger charge is -2.23. The molecule has 0 aromatic heterocycles. The highest BCUT2D eigenvalue weighted by Crippen LogP contribution is 2.27. The van der Waals surface area contributed by atoms with E-state index >= 15 is 0 Å². The highest BCUT2D eigenvalue weighted by Gasteiger charge is 2.17. The molecule has 0 amide bonds. The Morgan fingerprint density at radius 1 is 1.31 bits per heavy atom. The van der Waals surface area contributed by atoms with Crippen LogP contribution >= 0.6 is 11.6 Å². The molecule has 1 atom stereocenters. The molecule has 0 aliphatic heterocycles. The fourth-order valence-corrected chi connectivity index (χ4v) is 2.01. The first-order chi connectivity index (χ1) is 7.66. The minimum absolute atomic E-state index is 0.195. The molecule has 1 aromatic carbocycles. The van der Waals surface area contributed by atoms with Crippen molar-refractivity contribution in [3.63, 3.8) is 0 Å². The van der Waals surface area contributed by atoms with Crippen LogP contribution in [-0.2, 0) is 0 Å². The average molecular weight is 244 g/mol. The maximum atomic E-state index is 12.1. The van der Waals surface area contributed by atoms with E-state index in [0.29, 0.717) is 18.9 Å². The smallest absolute Gasteiger partial charge is 0.0906 e. The van der Waals surface area contributed by atoms with Crippen molar-refractivity contribution in [2.24, 2.45) is 5.92 Å². The van der Waals surface area contributed by atoms with E-state index in [9.17, 15) is 4.39 Å². The number of alkyl halides is 1. The van der Waals surface area contributed by atoms with Gasteiger partial charge in [0.05, 0.1) is 6.67 Å². The second-order valence-corrected chi connectivity index (χ2v) is 4.65. The lowest BCUT2D eigenvalue weighted by molar-refractivity contribution is 0.387. The molecule has 1 unspecified atom stereocenters. The standard InChI is InChI=1S/C13H19ClFN/c1-10(2)13(16-9-5-8-15)11-6-3-4-7-12(11)14/h3-4,6-7,10,13,16H,5,8-9H2,1-2H3. The molecule has 16 heavy (non-hydrogen) atoms. The van der Waals surface area contributed by atoms with Crippen LogP contribution < -0.4 is 5.32 Å². The summed E-state index contributed by atoms with van der Waals surface area (Å²) in [5.41, 5.74) is 1.10. The summed E-state index contributed by atoms with van der Waals surface area (Å²) in [6, 6.07) is 8.01. The SMILES string of the molecule is CC(C)C(NCCCF)c1ccccc1Cl.